The van der Waals surface area contributed by atoms with Crippen molar-refractivity contribution >= 4 is 23.1 Å². The molecule has 0 aliphatic rings. The minimum atomic E-state index is 0.142. The molecule has 0 aliphatic heterocycles. The van der Waals surface area contributed by atoms with Crippen LogP contribution in [-0.2, 0) is 4.79 Å². The fourth-order valence-corrected chi connectivity index (χ4v) is 1.21. The summed E-state index contributed by atoms with van der Waals surface area (Å²) < 4.78 is 0. The zero-order chi connectivity index (χ0) is 12.7. The topological polar surface area (TPSA) is 49.6 Å². The highest BCUT2D eigenvalue weighted by Gasteiger charge is 2.11. The summed E-state index contributed by atoms with van der Waals surface area (Å²) in [6, 6.07) is 0.467. The molecular formula is C11H23N3OS. The molecule has 0 spiro atoms. The first-order valence-corrected chi connectivity index (χ1v) is 5.98. The second-order valence-corrected chi connectivity index (χ2v) is 4.88. The zero-order valence-electron chi connectivity index (χ0n) is 10.7. The summed E-state index contributed by atoms with van der Waals surface area (Å²) in [4.78, 5) is 16.0. The monoisotopic (exact) mass is 245 g/mol. The van der Waals surface area contributed by atoms with E-state index in [0.29, 0.717) is 30.4 Å². The van der Waals surface area contributed by atoms with Crippen LogP contribution in [0.4, 0.5) is 0 Å². The Morgan fingerprint density at radius 1 is 1.25 bits per heavy atom. The molecule has 0 aromatic heterocycles. The van der Waals surface area contributed by atoms with Crippen molar-refractivity contribution < 1.29 is 4.79 Å². The van der Waals surface area contributed by atoms with E-state index in [1.807, 2.05) is 7.05 Å². The van der Waals surface area contributed by atoms with Gasteiger partial charge < -0.3 is 15.5 Å². The van der Waals surface area contributed by atoms with E-state index in [2.05, 4.69) is 18.7 Å². The number of carbonyl (C=O) groups excluding carboxylic acids is 1. The molecule has 94 valence electrons. The van der Waals surface area contributed by atoms with E-state index in [4.69, 9.17) is 18.0 Å². The summed E-state index contributed by atoms with van der Waals surface area (Å²) in [7, 11) is 3.81. The van der Waals surface area contributed by atoms with Gasteiger partial charge in [0.25, 0.3) is 0 Å². The van der Waals surface area contributed by atoms with E-state index in [1.54, 1.807) is 11.9 Å². The second kappa shape index (κ2) is 7.57. The molecule has 0 fully saturated rings. The first-order chi connectivity index (χ1) is 7.34. The van der Waals surface area contributed by atoms with E-state index in [-0.39, 0.29) is 5.91 Å². The molecule has 0 atom stereocenters. The molecule has 0 rings (SSSR count). The molecule has 0 saturated heterocycles. The molecule has 4 nitrogen and oxygen atoms in total. The number of thiocarbonyl (C=S) groups is 1. The van der Waals surface area contributed by atoms with Gasteiger partial charge in [0.05, 0.1) is 4.99 Å². The standard InChI is InChI=1S/C11H23N3OS/c1-9(2)13(3)8-6-11(15)14(4)7-5-10(12)16/h9H,5-8H2,1-4H3,(H2,12,16). The van der Waals surface area contributed by atoms with E-state index >= 15 is 0 Å². The van der Waals surface area contributed by atoms with Crippen LogP contribution in [0.1, 0.15) is 26.7 Å². The number of hydrogen-bond donors (Lipinski definition) is 1. The fourth-order valence-electron chi connectivity index (χ4n) is 1.12. The molecule has 1 amide bonds. The molecule has 0 saturated carbocycles. The number of carbonyl (C=O) groups is 1. The molecule has 2 N–H and O–H groups in total. The zero-order valence-corrected chi connectivity index (χ0v) is 11.5. The van der Waals surface area contributed by atoms with Gasteiger partial charge in [0, 0.05) is 39.0 Å². The molecule has 0 bridgehead atoms. The summed E-state index contributed by atoms with van der Waals surface area (Å²) in [5.41, 5.74) is 5.39. The van der Waals surface area contributed by atoms with Crippen molar-refractivity contribution in [2.45, 2.75) is 32.7 Å². The maximum atomic E-state index is 11.7. The predicted molar refractivity (Wildman–Crippen MR) is 71.4 cm³/mol. The third kappa shape index (κ3) is 6.74. The predicted octanol–water partition coefficient (Wildman–Crippen LogP) is 0.851. The molecular weight excluding hydrogens is 222 g/mol. The highest BCUT2D eigenvalue weighted by Crippen LogP contribution is 1.99. The Kier molecular flexibility index (Phi) is 7.25. The second-order valence-electron chi connectivity index (χ2n) is 4.36. The SMILES string of the molecule is CC(C)N(C)CCC(=O)N(C)CCC(N)=S. The minimum absolute atomic E-state index is 0.142. The Labute approximate surface area is 104 Å². The van der Waals surface area contributed by atoms with Crippen LogP contribution in [0.15, 0.2) is 0 Å². The molecule has 0 heterocycles. The Balaban J connectivity index is 3.83. The maximum Gasteiger partial charge on any atom is 0.223 e. The summed E-state index contributed by atoms with van der Waals surface area (Å²) in [6.07, 6.45) is 1.14. The van der Waals surface area contributed by atoms with Gasteiger partial charge in [-0.3, -0.25) is 4.79 Å². The highest BCUT2D eigenvalue weighted by atomic mass is 32.1. The van der Waals surface area contributed by atoms with Crippen LogP contribution in [-0.4, -0.2) is 53.9 Å². The molecule has 5 heteroatoms. The van der Waals surface area contributed by atoms with Crippen molar-refractivity contribution in [1.82, 2.24) is 9.80 Å². The van der Waals surface area contributed by atoms with Gasteiger partial charge in [-0.15, -0.1) is 0 Å². The molecule has 0 radical (unpaired) electrons. The Hall–Kier alpha value is -0.680. The fraction of sp³-hybridized carbons (Fsp3) is 0.818. The van der Waals surface area contributed by atoms with Crippen molar-refractivity contribution in [3.63, 3.8) is 0 Å². The summed E-state index contributed by atoms with van der Waals surface area (Å²) in [5.74, 6) is 0.142. The first kappa shape index (κ1) is 15.3. The molecule has 0 aromatic rings. The van der Waals surface area contributed by atoms with Gasteiger partial charge in [-0.2, -0.15) is 0 Å². The lowest BCUT2D eigenvalue weighted by Gasteiger charge is -2.22. The van der Waals surface area contributed by atoms with E-state index in [0.717, 1.165) is 6.54 Å². The Morgan fingerprint density at radius 3 is 2.25 bits per heavy atom. The van der Waals surface area contributed by atoms with E-state index < -0.39 is 0 Å². The van der Waals surface area contributed by atoms with Crippen LogP contribution in [0.3, 0.4) is 0 Å². The van der Waals surface area contributed by atoms with Crippen LogP contribution < -0.4 is 5.73 Å². The van der Waals surface area contributed by atoms with Crippen molar-refractivity contribution in [3.05, 3.63) is 0 Å². The van der Waals surface area contributed by atoms with Gasteiger partial charge in [0.15, 0.2) is 0 Å². The van der Waals surface area contributed by atoms with Crippen molar-refractivity contribution in [1.29, 1.82) is 0 Å². The quantitative estimate of drug-likeness (QED) is 0.676. The Bertz CT molecular complexity index is 243. The van der Waals surface area contributed by atoms with Gasteiger partial charge in [0.2, 0.25) is 5.91 Å². The number of amides is 1. The molecule has 0 unspecified atom stereocenters. The third-order valence-electron chi connectivity index (χ3n) is 2.68. The van der Waals surface area contributed by atoms with E-state index in [1.165, 1.54) is 0 Å². The first-order valence-electron chi connectivity index (χ1n) is 5.57. The van der Waals surface area contributed by atoms with Crippen molar-refractivity contribution in [3.8, 4) is 0 Å². The van der Waals surface area contributed by atoms with Crippen LogP contribution in [0, 0.1) is 0 Å². The molecule has 0 aromatic carbocycles. The van der Waals surface area contributed by atoms with Crippen LogP contribution in [0.2, 0.25) is 0 Å². The average molecular weight is 245 g/mol. The summed E-state index contributed by atoms with van der Waals surface area (Å²) in [5, 5.41) is 0. The summed E-state index contributed by atoms with van der Waals surface area (Å²) in [6.45, 7) is 5.62. The number of nitrogens with zero attached hydrogens (tertiary/aromatic N) is 2. The minimum Gasteiger partial charge on any atom is -0.393 e. The van der Waals surface area contributed by atoms with Crippen molar-refractivity contribution in [2.24, 2.45) is 5.73 Å². The van der Waals surface area contributed by atoms with Crippen molar-refractivity contribution in [2.75, 3.05) is 27.2 Å². The smallest absolute Gasteiger partial charge is 0.223 e. The number of rotatable bonds is 7. The van der Waals surface area contributed by atoms with Gasteiger partial charge in [-0.25, -0.2) is 0 Å². The van der Waals surface area contributed by atoms with Gasteiger partial charge in [0.1, 0.15) is 0 Å². The highest BCUT2D eigenvalue weighted by molar-refractivity contribution is 7.80. The lowest BCUT2D eigenvalue weighted by atomic mass is 10.3. The number of nitrogens with two attached hydrogens (primary N) is 1. The molecule has 0 aliphatic carbocycles. The van der Waals surface area contributed by atoms with Crippen LogP contribution in [0.5, 0.6) is 0 Å². The lowest BCUT2D eigenvalue weighted by molar-refractivity contribution is -0.130. The van der Waals surface area contributed by atoms with E-state index in [9.17, 15) is 4.79 Å². The van der Waals surface area contributed by atoms with Gasteiger partial charge in [-0.1, -0.05) is 12.2 Å². The van der Waals surface area contributed by atoms with Crippen LogP contribution in [0.25, 0.3) is 0 Å². The summed E-state index contributed by atoms with van der Waals surface area (Å²) >= 11 is 4.77. The Morgan fingerprint density at radius 2 is 1.81 bits per heavy atom. The number of hydrogen-bond acceptors (Lipinski definition) is 3. The third-order valence-corrected chi connectivity index (χ3v) is 2.88. The maximum absolute atomic E-state index is 11.7. The van der Waals surface area contributed by atoms with Gasteiger partial charge in [-0.05, 0) is 20.9 Å². The van der Waals surface area contributed by atoms with Crippen LogP contribution >= 0.6 is 12.2 Å². The van der Waals surface area contributed by atoms with Gasteiger partial charge >= 0.3 is 0 Å². The average Bonchev–Trinajstić information content (AvgIpc) is 2.21. The molecule has 16 heavy (non-hydrogen) atoms. The largest absolute Gasteiger partial charge is 0.393 e. The lowest BCUT2D eigenvalue weighted by Crippen LogP contribution is -2.34. The normalized spacial score (nSPS) is 10.9.